The lowest BCUT2D eigenvalue weighted by Gasteiger charge is -2.41. The van der Waals surface area contributed by atoms with Crippen LogP contribution in [0.3, 0.4) is 0 Å². The fourth-order valence-corrected chi connectivity index (χ4v) is 4.54. The van der Waals surface area contributed by atoms with E-state index in [0.29, 0.717) is 18.0 Å². The topological polar surface area (TPSA) is 59.0 Å². The summed E-state index contributed by atoms with van der Waals surface area (Å²) in [6.45, 7) is 10.7. The molecule has 0 amide bonds. The number of H-pyrrole nitrogens is 1. The van der Waals surface area contributed by atoms with Crippen molar-refractivity contribution < 1.29 is 4.74 Å². The van der Waals surface area contributed by atoms with Crippen LogP contribution in [0.1, 0.15) is 49.9 Å². The quantitative estimate of drug-likeness (QED) is 0.747. The van der Waals surface area contributed by atoms with Crippen LogP contribution >= 0.6 is 0 Å². The molecule has 2 aliphatic heterocycles. The van der Waals surface area contributed by atoms with E-state index in [1.165, 1.54) is 29.5 Å². The zero-order valence-electron chi connectivity index (χ0n) is 17.0. The molecule has 0 spiro atoms. The third-order valence-electron chi connectivity index (χ3n) is 6.37. The molecule has 2 saturated heterocycles. The molecule has 0 atom stereocenters. The highest BCUT2D eigenvalue weighted by Crippen LogP contribution is 2.34. The Kier molecular flexibility index (Phi) is 4.48. The average molecular weight is 380 g/mol. The summed E-state index contributed by atoms with van der Waals surface area (Å²) >= 11 is 0. The predicted molar refractivity (Wildman–Crippen MR) is 111 cm³/mol. The van der Waals surface area contributed by atoms with Crippen molar-refractivity contribution in [1.29, 1.82) is 0 Å². The van der Waals surface area contributed by atoms with Crippen molar-refractivity contribution in [2.24, 2.45) is 0 Å². The average Bonchev–Trinajstić information content (AvgIpc) is 3.25. The van der Waals surface area contributed by atoms with Crippen molar-refractivity contribution >= 4 is 11.0 Å². The first-order valence-corrected chi connectivity index (χ1v) is 10.5. The van der Waals surface area contributed by atoms with Crippen LogP contribution in [0.15, 0.2) is 24.5 Å². The van der Waals surface area contributed by atoms with Crippen LogP contribution in [-0.2, 0) is 4.74 Å². The highest BCUT2D eigenvalue weighted by atomic mass is 16.5. The van der Waals surface area contributed by atoms with E-state index in [4.69, 9.17) is 9.84 Å². The largest absolute Gasteiger partial charge is 0.378 e. The van der Waals surface area contributed by atoms with Gasteiger partial charge in [-0.3, -0.25) is 9.58 Å². The lowest BCUT2D eigenvalue weighted by molar-refractivity contribution is -0.0714. The van der Waals surface area contributed by atoms with E-state index >= 15 is 0 Å². The van der Waals surface area contributed by atoms with Crippen LogP contribution in [0.4, 0.5) is 0 Å². The van der Waals surface area contributed by atoms with E-state index in [9.17, 15) is 0 Å². The molecule has 0 radical (unpaired) electrons. The van der Waals surface area contributed by atoms with E-state index in [2.05, 4.69) is 52.5 Å². The smallest absolute Gasteiger partial charge is 0.137 e. The third kappa shape index (κ3) is 3.05. The summed E-state index contributed by atoms with van der Waals surface area (Å²) in [6, 6.07) is 5.52. The first kappa shape index (κ1) is 17.9. The van der Waals surface area contributed by atoms with Crippen LogP contribution < -0.4 is 0 Å². The molecule has 5 rings (SSSR count). The molecule has 3 aromatic rings. The monoisotopic (exact) mass is 379 g/mol. The first-order chi connectivity index (χ1) is 13.6. The third-order valence-corrected chi connectivity index (χ3v) is 6.37. The maximum atomic E-state index is 5.37. The minimum Gasteiger partial charge on any atom is -0.378 e. The molecule has 5 heterocycles. The van der Waals surface area contributed by atoms with Gasteiger partial charge in [0, 0.05) is 41.0 Å². The van der Waals surface area contributed by atoms with E-state index in [1.807, 2.05) is 12.4 Å². The molecule has 0 aromatic carbocycles. The van der Waals surface area contributed by atoms with E-state index in [-0.39, 0.29) is 0 Å². The Labute approximate surface area is 165 Å². The number of aryl methyl sites for hydroxylation is 1. The molecular formula is C22H29N5O. The Bertz CT molecular complexity index is 976. The number of aromatic nitrogens is 4. The zero-order valence-corrected chi connectivity index (χ0v) is 17.0. The van der Waals surface area contributed by atoms with Crippen molar-refractivity contribution in [3.63, 3.8) is 0 Å². The van der Waals surface area contributed by atoms with E-state index in [0.717, 1.165) is 43.2 Å². The number of fused-ring (bicyclic) bond motifs is 1. The standard InChI is InChI=1S/C22H29N5O/c1-14(2)27-21(16-4-6-26(7-5-16)18-12-28-13-18)9-20(25-27)17-8-19-15(3)10-23-22(19)24-11-17/h8-11,14,16,18H,4-7,12-13H2,1-3H3,(H,23,24). The van der Waals surface area contributed by atoms with Gasteiger partial charge < -0.3 is 9.72 Å². The normalized spacial score (nSPS) is 19.6. The highest BCUT2D eigenvalue weighted by molar-refractivity contribution is 5.83. The molecule has 0 aliphatic carbocycles. The molecule has 2 fully saturated rings. The molecule has 148 valence electrons. The summed E-state index contributed by atoms with van der Waals surface area (Å²) in [4.78, 5) is 10.4. The molecule has 0 unspecified atom stereocenters. The summed E-state index contributed by atoms with van der Waals surface area (Å²) in [7, 11) is 0. The number of likely N-dealkylation sites (tertiary alicyclic amines) is 1. The lowest BCUT2D eigenvalue weighted by atomic mass is 9.91. The zero-order chi connectivity index (χ0) is 19.3. The molecule has 3 aromatic heterocycles. The van der Waals surface area contributed by atoms with Crippen molar-refractivity contribution in [2.75, 3.05) is 26.3 Å². The molecular weight excluding hydrogens is 350 g/mol. The van der Waals surface area contributed by atoms with Crippen LogP contribution in [0.2, 0.25) is 0 Å². The van der Waals surface area contributed by atoms with Crippen LogP contribution in [-0.4, -0.2) is 57.0 Å². The number of rotatable bonds is 4. The fourth-order valence-electron chi connectivity index (χ4n) is 4.54. The molecule has 0 bridgehead atoms. The number of nitrogens with one attached hydrogen (secondary N) is 1. The summed E-state index contributed by atoms with van der Waals surface area (Å²) in [5.74, 6) is 0.576. The van der Waals surface area contributed by atoms with Gasteiger partial charge in [-0.05, 0) is 64.4 Å². The van der Waals surface area contributed by atoms with Gasteiger partial charge in [0.1, 0.15) is 5.65 Å². The van der Waals surface area contributed by atoms with Crippen molar-refractivity contribution in [3.05, 3.63) is 35.8 Å². The van der Waals surface area contributed by atoms with Gasteiger partial charge in [-0.25, -0.2) is 4.98 Å². The lowest BCUT2D eigenvalue weighted by Crippen LogP contribution is -2.51. The second-order valence-corrected chi connectivity index (χ2v) is 8.59. The number of piperidine rings is 1. The Morgan fingerprint density at radius 1 is 1.18 bits per heavy atom. The Morgan fingerprint density at radius 3 is 2.64 bits per heavy atom. The number of hydrogen-bond acceptors (Lipinski definition) is 4. The summed E-state index contributed by atoms with van der Waals surface area (Å²) in [6.07, 6.45) is 6.35. The van der Waals surface area contributed by atoms with Crippen molar-refractivity contribution in [1.82, 2.24) is 24.6 Å². The number of nitrogens with zero attached hydrogens (tertiary/aromatic N) is 4. The van der Waals surface area contributed by atoms with Gasteiger partial charge in [-0.15, -0.1) is 0 Å². The van der Waals surface area contributed by atoms with Gasteiger partial charge in [0.05, 0.1) is 24.9 Å². The molecule has 6 nitrogen and oxygen atoms in total. The molecule has 28 heavy (non-hydrogen) atoms. The van der Waals surface area contributed by atoms with E-state index in [1.54, 1.807) is 0 Å². The SMILES string of the molecule is Cc1c[nH]c2ncc(-c3cc(C4CCN(C5COC5)CC4)n(C(C)C)n3)cc12. The van der Waals surface area contributed by atoms with E-state index < -0.39 is 0 Å². The van der Waals surface area contributed by atoms with Gasteiger partial charge in [-0.2, -0.15) is 5.10 Å². The highest BCUT2D eigenvalue weighted by Gasteiger charge is 2.31. The first-order valence-electron chi connectivity index (χ1n) is 10.5. The molecule has 1 N–H and O–H groups in total. The molecule has 0 saturated carbocycles. The number of aromatic amines is 1. The summed E-state index contributed by atoms with van der Waals surface area (Å²) in [5, 5.41) is 6.17. The number of ether oxygens (including phenoxy) is 1. The van der Waals surface area contributed by atoms with Gasteiger partial charge in [0.25, 0.3) is 0 Å². The number of pyridine rings is 1. The predicted octanol–water partition coefficient (Wildman–Crippen LogP) is 3.89. The van der Waals surface area contributed by atoms with Gasteiger partial charge in [0.2, 0.25) is 0 Å². The second kappa shape index (κ2) is 7.01. The Hall–Kier alpha value is -2.18. The van der Waals surface area contributed by atoms with Gasteiger partial charge >= 0.3 is 0 Å². The molecule has 2 aliphatic rings. The Balaban J connectivity index is 1.43. The Morgan fingerprint density at radius 2 is 1.96 bits per heavy atom. The van der Waals surface area contributed by atoms with Crippen LogP contribution in [0.5, 0.6) is 0 Å². The van der Waals surface area contributed by atoms with Gasteiger partial charge in [0.15, 0.2) is 0 Å². The minimum atomic E-state index is 0.354. The second-order valence-electron chi connectivity index (χ2n) is 8.59. The van der Waals surface area contributed by atoms with Crippen molar-refractivity contribution in [3.8, 4) is 11.3 Å². The fraction of sp³-hybridized carbons (Fsp3) is 0.545. The molecule has 6 heteroatoms. The van der Waals surface area contributed by atoms with Crippen LogP contribution in [0, 0.1) is 6.92 Å². The van der Waals surface area contributed by atoms with Crippen LogP contribution in [0.25, 0.3) is 22.3 Å². The maximum Gasteiger partial charge on any atom is 0.137 e. The maximum absolute atomic E-state index is 5.37. The van der Waals surface area contributed by atoms with Gasteiger partial charge in [-0.1, -0.05) is 0 Å². The summed E-state index contributed by atoms with van der Waals surface area (Å²) < 4.78 is 7.60. The number of hydrogen-bond donors (Lipinski definition) is 1. The summed E-state index contributed by atoms with van der Waals surface area (Å²) in [5.41, 5.74) is 5.67. The van der Waals surface area contributed by atoms with Crippen molar-refractivity contribution in [2.45, 2.75) is 51.6 Å². The minimum absolute atomic E-state index is 0.354.